The van der Waals surface area contributed by atoms with Crippen LogP contribution >= 0.6 is 0 Å². The number of carbonyl (C=O) groups is 3. The quantitative estimate of drug-likeness (QED) is 0.298. The van der Waals surface area contributed by atoms with Gasteiger partial charge in [-0.3, -0.25) is 9.69 Å². The molecule has 2 aliphatic heterocycles. The Morgan fingerprint density at radius 2 is 1.56 bits per heavy atom. The Bertz CT molecular complexity index is 1540. The van der Waals surface area contributed by atoms with E-state index in [9.17, 15) is 36.3 Å². The number of nitrogens with one attached hydrogen (secondary N) is 1. The Labute approximate surface area is 232 Å². The number of rotatable bonds is 6. The van der Waals surface area contributed by atoms with E-state index < -0.39 is 46.5 Å². The Hall–Kier alpha value is -4.48. The molecule has 2 saturated heterocycles. The highest BCUT2D eigenvalue weighted by atomic mass is 19.4. The fraction of sp³-hybridized carbons (Fsp3) is 0.276. The van der Waals surface area contributed by atoms with Crippen LogP contribution in [-0.2, 0) is 23.9 Å². The number of amides is 5. The molecule has 0 saturated carbocycles. The van der Waals surface area contributed by atoms with Gasteiger partial charge < -0.3 is 10.2 Å². The molecule has 0 radical (unpaired) electrons. The lowest BCUT2D eigenvalue weighted by atomic mass is 9.97. The minimum absolute atomic E-state index is 0.136. The third-order valence-corrected chi connectivity index (χ3v) is 7.33. The van der Waals surface area contributed by atoms with Crippen molar-refractivity contribution in [2.75, 3.05) is 22.9 Å². The number of nitrogens with zero attached hydrogens (tertiary/aromatic N) is 3. The molecule has 0 bridgehead atoms. The van der Waals surface area contributed by atoms with E-state index >= 15 is 0 Å². The predicted octanol–water partition coefficient (Wildman–Crippen LogP) is 5.85. The van der Waals surface area contributed by atoms with Crippen molar-refractivity contribution >= 4 is 29.3 Å². The van der Waals surface area contributed by atoms with Crippen molar-refractivity contribution in [3.63, 3.8) is 0 Å². The molecule has 0 atom stereocenters. The van der Waals surface area contributed by atoms with Gasteiger partial charge in [-0.05, 0) is 79.4 Å². The van der Waals surface area contributed by atoms with Crippen LogP contribution in [0.25, 0.3) is 0 Å². The van der Waals surface area contributed by atoms with Crippen LogP contribution in [0.5, 0.6) is 0 Å². The Morgan fingerprint density at radius 3 is 2.20 bits per heavy atom. The maximum absolute atomic E-state index is 14.3. The van der Waals surface area contributed by atoms with Crippen molar-refractivity contribution in [3.05, 3.63) is 94.6 Å². The topological polar surface area (TPSA) is 73.0 Å². The van der Waals surface area contributed by atoms with Crippen molar-refractivity contribution in [2.45, 2.75) is 38.5 Å². The largest absolute Gasteiger partial charge is 0.419 e. The molecule has 0 aliphatic carbocycles. The van der Waals surface area contributed by atoms with E-state index in [1.807, 2.05) is 0 Å². The van der Waals surface area contributed by atoms with Crippen molar-refractivity contribution < 1.29 is 36.3 Å². The molecule has 0 aromatic heterocycles. The van der Waals surface area contributed by atoms with Gasteiger partial charge >= 0.3 is 18.2 Å². The van der Waals surface area contributed by atoms with E-state index in [1.165, 1.54) is 36.9 Å². The summed E-state index contributed by atoms with van der Waals surface area (Å²) in [6.45, 7) is 3.86. The first-order chi connectivity index (χ1) is 19.3. The van der Waals surface area contributed by atoms with Crippen molar-refractivity contribution in [1.82, 2.24) is 10.2 Å². The molecule has 2 fully saturated rings. The van der Waals surface area contributed by atoms with Crippen LogP contribution < -0.4 is 15.1 Å². The lowest BCUT2D eigenvalue weighted by Crippen LogP contribution is -2.43. The summed E-state index contributed by atoms with van der Waals surface area (Å²) in [5, 5.41) is 2.73. The summed E-state index contributed by atoms with van der Waals surface area (Å²) >= 11 is 0. The first-order valence-electron chi connectivity index (χ1n) is 12.7. The minimum atomic E-state index is -5.02. The molecule has 12 heteroatoms. The van der Waals surface area contributed by atoms with Gasteiger partial charge in [0.05, 0.1) is 11.3 Å². The first kappa shape index (κ1) is 28.1. The molecule has 3 aromatic carbocycles. The third-order valence-electron chi connectivity index (χ3n) is 7.33. The van der Waals surface area contributed by atoms with E-state index in [2.05, 4.69) is 5.32 Å². The molecule has 41 heavy (non-hydrogen) atoms. The highest BCUT2D eigenvalue weighted by Gasteiger charge is 2.52. The molecule has 2 heterocycles. The molecule has 7 nitrogen and oxygen atoms in total. The summed E-state index contributed by atoms with van der Waals surface area (Å²) in [6, 6.07) is 12.1. The van der Waals surface area contributed by atoms with Crippen LogP contribution in [0, 0.1) is 11.6 Å². The SMILES string of the molecule is CC1(C)C(=O)N(c2ccc(F)c(C(F)(F)F)c2)C(=O)N1Cc1ccc(F)cc1Cc1ccc(N2CCNC2=O)cc1. The summed E-state index contributed by atoms with van der Waals surface area (Å²) in [6.07, 6.45) is -4.75. The normalized spacial score (nSPS) is 17.0. The van der Waals surface area contributed by atoms with E-state index in [0.717, 1.165) is 11.6 Å². The summed E-state index contributed by atoms with van der Waals surface area (Å²) in [7, 11) is 0. The summed E-state index contributed by atoms with van der Waals surface area (Å²) < 4.78 is 68.1. The minimum Gasteiger partial charge on any atom is -0.336 e. The molecule has 5 rings (SSSR count). The molecule has 3 aromatic rings. The summed E-state index contributed by atoms with van der Waals surface area (Å²) in [5.74, 6) is -2.82. The van der Waals surface area contributed by atoms with E-state index in [1.54, 1.807) is 29.2 Å². The van der Waals surface area contributed by atoms with Gasteiger partial charge in [0.25, 0.3) is 5.91 Å². The van der Waals surface area contributed by atoms with E-state index in [4.69, 9.17) is 0 Å². The standard InChI is InChI=1S/C29H25F5N4O3/c1-28(2)25(39)38(22-9-10-24(31)23(15-22)29(32,33)34)27(41)37(28)16-18-5-6-20(30)14-19(18)13-17-3-7-21(8-4-17)36-12-11-35-26(36)40/h3-10,14-15H,11-13,16H2,1-2H3,(H,35,40). The number of anilines is 2. The second kappa shape index (κ2) is 10.2. The monoisotopic (exact) mass is 572 g/mol. The van der Waals surface area contributed by atoms with Gasteiger partial charge in [-0.25, -0.2) is 23.3 Å². The lowest BCUT2D eigenvalue weighted by molar-refractivity contribution is -0.140. The molecule has 0 unspecified atom stereocenters. The van der Waals surface area contributed by atoms with Crippen LogP contribution in [0.1, 0.15) is 36.1 Å². The van der Waals surface area contributed by atoms with Crippen molar-refractivity contribution in [3.8, 4) is 0 Å². The third kappa shape index (κ3) is 5.21. The molecular weight excluding hydrogens is 547 g/mol. The molecular formula is C29H25F5N4O3. The number of benzene rings is 3. The van der Waals surface area contributed by atoms with Crippen molar-refractivity contribution in [2.24, 2.45) is 0 Å². The van der Waals surface area contributed by atoms with Gasteiger partial charge in [-0.2, -0.15) is 13.2 Å². The average Bonchev–Trinajstić information content (AvgIpc) is 3.40. The highest BCUT2D eigenvalue weighted by Crippen LogP contribution is 2.38. The van der Waals surface area contributed by atoms with Gasteiger partial charge in [-0.15, -0.1) is 0 Å². The zero-order chi connectivity index (χ0) is 29.7. The Kier molecular flexibility index (Phi) is 6.96. The number of urea groups is 2. The van der Waals surface area contributed by atoms with Crippen LogP contribution in [0.3, 0.4) is 0 Å². The zero-order valence-electron chi connectivity index (χ0n) is 22.1. The maximum atomic E-state index is 14.3. The Morgan fingerprint density at radius 1 is 0.878 bits per heavy atom. The van der Waals surface area contributed by atoms with E-state index in [0.29, 0.717) is 46.9 Å². The number of halogens is 5. The Balaban J connectivity index is 1.42. The number of hydrogen-bond donors (Lipinski definition) is 1. The molecule has 5 amide bonds. The second-order valence-corrected chi connectivity index (χ2v) is 10.4. The van der Waals surface area contributed by atoms with Gasteiger partial charge in [0.2, 0.25) is 0 Å². The maximum Gasteiger partial charge on any atom is 0.419 e. The molecule has 2 aliphatic rings. The number of carbonyl (C=O) groups excluding carboxylic acids is 3. The van der Waals surface area contributed by atoms with Crippen LogP contribution in [0.15, 0.2) is 60.7 Å². The number of hydrogen-bond acceptors (Lipinski definition) is 3. The molecule has 214 valence electrons. The lowest BCUT2D eigenvalue weighted by Gasteiger charge is -2.28. The van der Waals surface area contributed by atoms with Gasteiger partial charge in [-0.1, -0.05) is 18.2 Å². The fourth-order valence-electron chi connectivity index (χ4n) is 5.01. The van der Waals surface area contributed by atoms with Crippen molar-refractivity contribution in [1.29, 1.82) is 0 Å². The van der Waals surface area contributed by atoms with Gasteiger partial charge in [0.1, 0.15) is 17.2 Å². The summed E-state index contributed by atoms with van der Waals surface area (Å²) in [5.41, 5.74) is -0.892. The zero-order valence-corrected chi connectivity index (χ0v) is 22.1. The summed E-state index contributed by atoms with van der Waals surface area (Å²) in [4.78, 5) is 42.1. The smallest absolute Gasteiger partial charge is 0.336 e. The van der Waals surface area contributed by atoms with Gasteiger partial charge in [0, 0.05) is 25.3 Å². The van der Waals surface area contributed by atoms with Crippen LogP contribution in [0.4, 0.5) is 42.9 Å². The fourth-order valence-corrected chi connectivity index (χ4v) is 5.01. The van der Waals surface area contributed by atoms with Gasteiger partial charge in [0.15, 0.2) is 0 Å². The predicted molar refractivity (Wildman–Crippen MR) is 140 cm³/mol. The molecule has 1 N–H and O–H groups in total. The average molecular weight is 573 g/mol. The second-order valence-electron chi connectivity index (χ2n) is 10.4. The van der Waals surface area contributed by atoms with E-state index in [-0.39, 0.29) is 19.0 Å². The first-order valence-corrected chi connectivity index (χ1v) is 12.7. The highest BCUT2D eigenvalue weighted by molar-refractivity contribution is 6.23. The van der Waals surface area contributed by atoms with Crippen LogP contribution in [0.2, 0.25) is 0 Å². The van der Waals surface area contributed by atoms with Crippen LogP contribution in [-0.4, -0.2) is 41.5 Å². The molecule has 0 spiro atoms. The number of alkyl halides is 3. The number of imide groups is 1.